The summed E-state index contributed by atoms with van der Waals surface area (Å²) in [6.07, 6.45) is 8.94. The highest BCUT2D eigenvalue weighted by atomic mass is 16.1. The van der Waals surface area contributed by atoms with E-state index in [4.69, 9.17) is 5.73 Å². The van der Waals surface area contributed by atoms with Gasteiger partial charge in [0.15, 0.2) is 0 Å². The number of pyridine rings is 1. The third kappa shape index (κ3) is 2.51. The molecule has 0 saturated heterocycles. The molecule has 1 fully saturated rings. The number of nitrogens with two attached hydrogens (primary N) is 1. The Labute approximate surface area is 95.3 Å². The van der Waals surface area contributed by atoms with Crippen LogP contribution in [0.25, 0.3) is 0 Å². The van der Waals surface area contributed by atoms with Crippen LogP contribution in [0.4, 0.5) is 5.69 Å². The molecular weight excluding hydrogens is 202 g/mol. The second-order valence-electron chi connectivity index (χ2n) is 4.27. The minimum Gasteiger partial charge on any atom is -0.398 e. The van der Waals surface area contributed by atoms with Gasteiger partial charge in [-0.05, 0) is 18.9 Å². The topological polar surface area (TPSA) is 68.0 Å². The smallest absolute Gasteiger partial charge is 0.255 e. The fourth-order valence-electron chi connectivity index (χ4n) is 2.11. The van der Waals surface area contributed by atoms with Crippen molar-refractivity contribution in [2.45, 2.75) is 38.1 Å². The number of aromatic nitrogens is 1. The molecular formula is C12H17N3O. The summed E-state index contributed by atoms with van der Waals surface area (Å²) < 4.78 is 0. The maximum absolute atomic E-state index is 11.9. The minimum atomic E-state index is -0.0995. The molecule has 16 heavy (non-hydrogen) atoms. The summed E-state index contributed by atoms with van der Waals surface area (Å²) >= 11 is 0. The molecule has 1 aromatic rings. The molecule has 1 heterocycles. The van der Waals surface area contributed by atoms with Crippen LogP contribution < -0.4 is 11.1 Å². The Balaban J connectivity index is 2.00. The maximum Gasteiger partial charge on any atom is 0.255 e. The summed E-state index contributed by atoms with van der Waals surface area (Å²) in [4.78, 5) is 15.8. The van der Waals surface area contributed by atoms with Crippen LogP contribution in [0.3, 0.4) is 0 Å². The van der Waals surface area contributed by atoms with Crippen molar-refractivity contribution in [3.63, 3.8) is 0 Å². The van der Waals surface area contributed by atoms with Gasteiger partial charge in [0.05, 0.1) is 5.56 Å². The van der Waals surface area contributed by atoms with Crippen LogP contribution in [-0.4, -0.2) is 16.9 Å². The minimum absolute atomic E-state index is 0.0995. The van der Waals surface area contributed by atoms with E-state index in [1.807, 2.05) is 0 Å². The van der Waals surface area contributed by atoms with Gasteiger partial charge < -0.3 is 11.1 Å². The first-order valence-electron chi connectivity index (χ1n) is 5.78. The van der Waals surface area contributed by atoms with E-state index < -0.39 is 0 Å². The van der Waals surface area contributed by atoms with Crippen LogP contribution in [0.1, 0.15) is 42.5 Å². The molecule has 86 valence electrons. The summed E-state index contributed by atoms with van der Waals surface area (Å²) in [5.41, 5.74) is 6.69. The van der Waals surface area contributed by atoms with Crippen LogP contribution in [-0.2, 0) is 0 Å². The zero-order valence-electron chi connectivity index (χ0n) is 9.28. The van der Waals surface area contributed by atoms with Crippen LogP contribution >= 0.6 is 0 Å². The van der Waals surface area contributed by atoms with E-state index in [1.165, 1.54) is 25.5 Å². The quantitative estimate of drug-likeness (QED) is 0.796. The Morgan fingerprint density at radius 2 is 2.12 bits per heavy atom. The van der Waals surface area contributed by atoms with Crippen LogP contribution in [0.2, 0.25) is 0 Å². The van der Waals surface area contributed by atoms with E-state index in [-0.39, 0.29) is 5.91 Å². The van der Waals surface area contributed by atoms with Gasteiger partial charge in [-0.3, -0.25) is 9.78 Å². The maximum atomic E-state index is 11.9. The van der Waals surface area contributed by atoms with Gasteiger partial charge in [0.25, 0.3) is 5.91 Å². The van der Waals surface area contributed by atoms with Gasteiger partial charge in [0.2, 0.25) is 0 Å². The van der Waals surface area contributed by atoms with Gasteiger partial charge in [0.1, 0.15) is 0 Å². The van der Waals surface area contributed by atoms with E-state index in [0.717, 1.165) is 12.8 Å². The molecule has 4 nitrogen and oxygen atoms in total. The largest absolute Gasteiger partial charge is 0.398 e. The van der Waals surface area contributed by atoms with Crippen molar-refractivity contribution in [3.8, 4) is 0 Å². The number of hydrogen-bond donors (Lipinski definition) is 2. The Hall–Kier alpha value is -1.58. The van der Waals surface area contributed by atoms with E-state index in [9.17, 15) is 4.79 Å². The Morgan fingerprint density at radius 1 is 1.38 bits per heavy atom. The standard InChI is InChI=1S/C12H17N3O/c13-11-6-7-14-8-10(11)12(16)15-9-4-2-1-3-5-9/h6-9H,1-5H2,(H2,13,14)(H,15,16). The van der Waals surface area contributed by atoms with Crippen LogP contribution in [0, 0.1) is 0 Å². The predicted octanol–water partition coefficient (Wildman–Crippen LogP) is 1.73. The third-order valence-corrected chi connectivity index (χ3v) is 3.04. The molecule has 1 aliphatic rings. The molecule has 0 aromatic carbocycles. The first kappa shape index (κ1) is 10.9. The normalized spacial score (nSPS) is 17.0. The summed E-state index contributed by atoms with van der Waals surface area (Å²) in [5.74, 6) is -0.0995. The van der Waals surface area contributed by atoms with Gasteiger partial charge in [-0.2, -0.15) is 0 Å². The molecule has 0 spiro atoms. The lowest BCUT2D eigenvalue weighted by molar-refractivity contribution is 0.0928. The molecule has 1 aliphatic carbocycles. The first-order valence-corrected chi connectivity index (χ1v) is 5.78. The van der Waals surface area contributed by atoms with E-state index in [1.54, 1.807) is 12.3 Å². The lowest BCUT2D eigenvalue weighted by Gasteiger charge is -2.22. The van der Waals surface area contributed by atoms with Gasteiger partial charge in [-0.15, -0.1) is 0 Å². The lowest BCUT2D eigenvalue weighted by Crippen LogP contribution is -2.36. The Bertz CT molecular complexity index is 372. The highest BCUT2D eigenvalue weighted by Crippen LogP contribution is 2.18. The lowest BCUT2D eigenvalue weighted by atomic mass is 9.95. The number of nitrogens with one attached hydrogen (secondary N) is 1. The Kier molecular flexibility index (Phi) is 3.39. The van der Waals surface area contributed by atoms with Crippen molar-refractivity contribution in [3.05, 3.63) is 24.0 Å². The number of rotatable bonds is 2. The van der Waals surface area contributed by atoms with Crippen molar-refractivity contribution < 1.29 is 4.79 Å². The third-order valence-electron chi connectivity index (χ3n) is 3.04. The highest BCUT2D eigenvalue weighted by Gasteiger charge is 2.17. The van der Waals surface area contributed by atoms with Crippen molar-refractivity contribution >= 4 is 11.6 Å². The number of anilines is 1. The monoisotopic (exact) mass is 219 g/mol. The second-order valence-corrected chi connectivity index (χ2v) is 4.27. The molecule has 2 rings (SSSR count). The Morgan fingerprint density at radius 3 is 2.81 bits per heavy atom. The molecule has 1 aromatic heterocycles. The highest BCUT2D eigenvalue weighted by molar-refractivity contribution is 5.98. The molecule has 0 radical (unpaired) electrons. The number of hydrogen-bond acceptors (Lipinski definition) is 3. The zero-order chi connectivity index (χ0) is 11.4. The van der Waals surface area contributed by atoms with E-state index >= 15 is 0 Å². The molecule has 1 saturated carbocycles. The van der Waals surface area contributed by atoms with Crippen molar-refractivity contribution in [2.75, 3.05) is 5.73 Å². The zero-order valence-corrected chi connectivity index (χ0v) is 9.28. The second kappa shape index (κ2) is 4.96. The molecule has 4 heteroatoms. The van der Waals surface area contributed by atoms with Crippen LogP contribution in [0.5, 0.6) is 0 Å². The average Bonchev–Trinajstić information content (AvgIpc) is 2.31. The van der Waals surface area contributed by atoms with Crippen LogP contribution in [0.15, 0.2) is 18.5 Å². The van der Waals surface area contributed by atoms with E-state index in [0.29, 0.717) is 17.3 Å². The molecule has 0 aliphatic heterocycles. The predicted molar refractivity (Wildman–Crippen MR) is 63.0 cm³/mol. The molecule has 1 amide bonds. The average molecular weight is 219 g/mol. The van der Waals surface area contributed by atoms with Crippen molar-refractivity contribution in [2.24, 2.45) is 0 Å². The number of carbonyl (C=O) groups is 1. The molecule has 0 atom stereocenters. The van der Waals surface area contributed by atoms with Gasteiger partial charge >= 0.3 is 0 Å². The summed E-state index contributed by atoms with van der Waals surface area (Å²) in [5, 5.41) is 3.02. The number of carbonyl (C=O) groups excluding carboxylic acids is 1. The summed E-state index contributed by atoms with van der Waals surface area (Å²) in [6, 6.07) is 1.95. The SMILES string of the molecule is Nc1ccncc1C(=O)NC1CCCCC1. The summed E-state index contributed by atoms with van der Waals surface area (Å²) in [7, 11) is 0. The van der Waals surface area contributed by atoms with Gasteiger partial charge in [0, 0.05) is 24.1 Å². The van der Waals surface area contributed by atoms with E-state index in [2.05, 4.69) is 10.3 Å². The van der Waals surface area contributed by atoms with Gasteiger partial charge in [-0.1, -0.05) is 19.3 Å². The molecule has 0 unspecified atom stereocenters. The fraction of sp³-hybridized carbons (Fsp3) is 0.500. The fourth-order valence-corrected chi connectivity index (χ4v) is 2.11. The van der Waals surface area contributed by atoms with Gasteiger partial charge in [-0.25, -0.2) is 0 Å². The van der Waals surface area contributed by atoms with Crippen molar-refractivity contribution in [1.29, 1.82) is 0 Å². The number of nitrogens with zero attached hydrogens (tertiary/aromatic N) is 1. The molecule has 3 N–H and O–H groups in total. The van der Waals surface area contributed by atoms with Crippen molar-refractivity contribution in [1.82, 2.24) is 10.3 Å². The summed E-state index contributed by atoms with van der Waals surface area (Å²) in [6.45, 7) is 0. The first-order chi connectivity index (χ1) is 7.77. The number of amides is 1. The molecule has 0 bridgehead atoms. The number of nitrogen functional groups attached to an aromatic ring is 1.